The third-order valence-corrected chi connectivity index (χ3v) is 3.33. The normalized spacial score (nSPS) is 23.4. The van der Waals surface area contributed by atoms with Crippen molar-refractivity contribution in [2.45, 2.75) is 25.5 Å². The molecule has 1 aromatic rings. The number of nitrogens with zero attached hydrogens (tertiary/aromatic N) is 1. The Morgan fingerprint density at radius 1 is 1.75 bits per heavy atom. The highest BCUT2D eigenvalue weighted by molar-refractivity contribution is 7.08. The van der Waals surface area contributed by atoms with Crippen LogP contribution >= 0.6 is 11.3 Å². The lowest BCUT2D eigenvalue weighted by molar-refractivity contribution is 0.0622. The number of aliphatic hydroxyl groups is 1. The van der Waals surface area contributed by atoms with E-state index < -0.39 is 5.60 Å². The van der Waals surface area contributed by atoms with Crippen LogP contribution in [0.1, 0.15) is 19.4 Å². The van der Waals surface area contributed by atoms with Crippen LogP contribution in [-0.4, -0.2) is 30.2 Å². The summed E-state index contributed by atoms with van der Waals surface area (Å²) in [6.45, 7) is 5.14. The standard InChI is InChI=1S/C11H17N3OS/c1-8-5-12-10(14-8)13-7-11(2,15)9-3-4-16-6-9/h3-4,6,8,15H,5,7H2,1-2H3,(H2,12,13,14). The summed E-state index contributed by atoms with van der Waals surface area (Å²) in [5, 5.41) is 20.5. The minimum Gasteiger partial charge on any atom is -0.384 e. The Bertz CT molecular complexity index is 373. The van der Waals surface area contributed by atoms with Gasteiger partial charge < -0.3 is 15.7 Å². The molecular weight excluding hydrogens is 222 g/mol. The Morgan fingerprint density at radius 3 is 3.12 bits per heavy atom. The fraction of sp³-hybridized carbons (Fsp3) is 0.545. The topological polar surface area (TPSA) is 56.7 Å². The van der Waals surface area contributed by atoms with Crippen LogP contribution in [0.25, 0.3) is 0 Å². The van der Waals surface area contributed by atoms with Crippen molar-refractivity contribution in [3.05, 3.63) is 22.4 Å². The average Bonchev–Trinajstić information content (AvgIpc) is 2.85. The summed E-state index contributed by atoms with van der Waals surface area (Å²) < 4.78 is 0. The fourth-order valence-corrected chi connectivity index (χ4v) is 2.37. The van der Waals surface area contributed by atoms with Gasteiger partial charge in [0, 0.05) is 6.04 Å². The van der Waals surface area contributed by atoms with Crippen LogP contribution in [0.5, 0.6) is 0 Å². The van der Waals surface area contributed by atoms with Crippen molar-refractivity contribution in [2.24, 2.45) is 4.99 Å². The average molecular weight is 239 g/mol. The molecule has 0 amide bonds. The molecule has 2 unspecified atom stereocenters. The van der Waals surface area contributed by atoms with Crippen LogP contribution in [0, 0.1) is 0 Å². The third-order valence-electron chi connectivity index (χ3n) is 2.65. The maximum atomic E-state index is 10.3. The molecule has 0 spiro atoms. The van der Waals surface area contributed by atoms with Crippen LogP contribution in [0.3, 0.4) is 0 Å². The zero-order chi connectivity index (χ0) is 11.6. The predicted octanol–water partition coefficient (Wildman–Crippen LogP) is 0.893. The predicted molar refractivity (Wildman–Crippen MR) is 66.8 cm³/mol. The van der Waals surface area contributed by atoms with Gasteiger partial charge >= 0.3 is 0 Å². The Kier molecular flexibility index (Phi) is 3.16. The summed E-state index contributed by atoms with van der Waals surface area (Å²) in [5.74, 6) is 0.781. The van der Waals surface area contributed by atoms with E-state index in [1.165, 1.54) is 0 Å². The van der Waals surface area contributed by atoms with Crippen molar-refractivity contribution in [1.29, 1.82) is 0 Å². The zero-order valence-electron chi connectivity index (χ0n) is 9.53. The molecule has 1 aliphatic rings. The first kappa shape index (κ1) is 11.4. The minimum atomic E-state index is -0.851. The number of guanidine groups is 1. The van der Waals surface area contributed by atoms with Gasteiger partial charge in [0.1, 0.15) is 5.60 Å². The number of hydrogen-bond donors (Lipinski definition) is 3. The van der Waals surface area contributed by atoms with Crippen LogP contribution in [-0.2, 0) is 5.60 Å². The largest absolute Gasteiger partial charge is 0.384 e. The third kappa shape index (κ3) is 2.54. The molecule has 0 saturated carbocycles. The first-order chi connectivity index (χ1) is 7.58. The first-order valence-electron chi connectivity index (χ1n) is 5.38. The van der Waals surface area contributed by atoms with Gasteiger partial charge in [0.2, 0.25) is 0 Å². The summed E-state index contributed by atoms with van der Waals surface area (Å²) in [7, 11) is 0. The highest BCUT2D eigenvalue weighted by Crippen LogP contribution is 2.21. The monoisotopic (exact) mass is 239 g/mol. The Labute approximate surface area is 99.4 Å². The molecule has 0 bridgehead atoms. The van der Waals surface area contributed by atoms with Gasteiger partial charge in [0.25, 0.3) is 0 Å². The van der Waals surface area contributed by atoms with E-state index in [4.69, 9.17) is 0 Å². The zero-order valence-corrected chi connectivity index (χ0v) is 10.3. The van der Waals surface area contributed by atoms with Gasteiger partial charge in [-0.2, -0.15) is 11.3 Å². The fourth-order valence-electron chi connectivity index (χ4n) is 1.59. The molecule has 5 heteroatoms. The lowest BCUT2D eigenvalue weighted by Crippen LogP contribution is -2.44. The lowest BCUT2D eigenvalue weighted by Gasteiger charge is -2.23. The van der Waals surface area contributed by atoms with E-state index in [1.807, 2.05) is 16.8 Å². The second-order valence-electron chi connectivity index (χ2n) is 4.37. The summed E-state index contributed by atoms with van der Waals surface area (Å²) in [5.41, 5.74) is 0.0902. The summed E-state index contributed by atoms with van der Waals surface area (Å²) in [6.07, 6.45) is 0. The first-order valence-corrected chi connectivity index (χ1v) is 6.32. The van der Waals surface area contributed by atoms with Crippen molar-refractivity contribution in [1.82, 2.24) is 10.6 Å². The van der Waals surface area contributed by atoms with Gasteiger partial charge in [0.15, 0.2) is 5.96 Å². The van der Waals surface area contributed by atoms with Gasteiger partial charge in [-0.15, -0.1) is 0 Å². The van der Waals surface area contributed by atoms with Gasteiger partial charge in [-0.1, -0.05) is 0 Å². The Balaban J connectivity index is 1.90. The molecule has 0 fully saturated rings. The van der Waals surface area contributed by atoms with Crippen molar-refractivity contribution >= 4 is 17.3 Å². The molecule has 2 atom stereocenters. The van der Waals surface area contributed by atoms with Gasteiger partial charge in [-0.3, -0.25) is 4.99 Å². The molecule has 0 aliphatic carbocycles. The second-order valence-corrected chi connectivity index (χ2v) is 5.15. The SMILES string of the molecule is CC1CN=C(NCC(C)(O)c2ccsc2)N1. The molecule has 0 radical (unpaired) electrons. The molecule has 88 valence electrons. The maximum absolute atomic E-state index is 10.3. The maximum Gasteiger partial charge on any atom is 0.191 e. The molecule has 4 nitrogen and oxygen atoms in total. The van der Waals surface area contributed by atoms with Crippen molar-refractivity contribution in [3.8, 4) is 0 Å². The number of nitrogens with one attached hydrogen (secondary N) is 2. The summed E-state index contributed by atoms with van der Waals surface area (Å²) in [4.78, 5) is 4.29. The van der Waals surface area contributed by atoms with Crippen LogP contribution in [0.4, 0.5) is 0 Å². The van der Waals surface area contributed by atoms with E-state index in [2.05, 4.69) is 22.5 Å². The highest BCUT2D eigenvalue weighted by Gasteiger charge is 2.24. The highest BCUT2D eigenvalue weighted by atomic mass is 32.1. The Hall–Kier alpha value is -1.07. The quantitative estimate of drug-likeness (QED) is 0.734. The molecule has 2 rings (SSSR count). The van der Waals surface area contributed by atoms with E-state index in [9.17, 15) is 5.11 Å². The van der Waals surface area contributed by atoms with Crippen LogP contribution in [0.2, 0.25) is 0 Å². The molecule has 16 heavy (non-hydrogen) atoms. The molecule has 0 aromatic carbocycles. The molecule has 2 heterocycles. The smallest absolute Gasteiger partial charge is 0.191 e. The second kappa shape index (κ2) is 4.43. The van der Waals surface area contributed by atoms with E-state index in [0.717, 1.165) is 18.1 Å². The van der Waals surface area contributed by atoms with Crippen molar-refractivity contribution in [3.63, 3.8) is 0 Å². The molecule has 0 saturated heterocycles. The number of aliphatic imine (C=N–C) groups is 1. The van der Waals surface area contributed by atoms with Gasteiger partial charge in [-0.05, 0) is 36.2 Å². The van der Waals surface area contributed by atoms with E-state index in [0.29, 0.717) is 12.6 Å². The number of thiophene rings is 1. The molecule has 1 aromatic heterocycles. The van der Waals surface area contributed by atoms with Crippen molar-refractivity contribution in [2.75, 3.05) is 13.1 Å². The number of rotatable bonds is 3. The summed E-state index contributed by atoms with van der Waals surface area (Å²) >= 11 is 1.59. The van der Waals surface area contributed by atoms with Gasteiger partial charge in [0.05, 0.1) is 13.1 Å². The van der Waals surface area contributed by atoms with Gasteiger partial charge in [-0.25, -0.2) is 0 Å². The van der Waals surface area contributed by atoms with Crippen molar-refractivity contribution < 1.29 is 5.11 Å². The van der Waals surface area contributed by atoms with Crippen LogP contribution < -0.4 is 10.6 Å². The van der Waals surface area contributed by atoms with E-state index in [-0.39, 0.29) is 0 Å². The molecule has 1 aliphatic heterocycles. The molecular formula is C11H17N3OS. The van der Waals surface area contributed by atoms with E-state index >= 15 is 0 Å². The molecule has 3 N–H and O–H groups in total. The Morgan fingerprint density at radius 2 is 2.56 bits per heavy atom. The lowest BCUT2D eigenvalue weighted by atomic mass is 9.99. The van der Waals surface area contributed by atoms with Crippen LogP contribution in [0.15, 0.2) is 21.8 Å². The minimum absolute atomic E-state index is 0.383. The van der Waals surface area contributed by atoms with E-state index in [1.54, 1.807) is 18.3 Å². The number of hydrogen-bond acceptors (Lipinski definition) is 5. The summed E-state index contributed by atoms with van der Waals surface area (Å²) in [6, 6.07) is 2.33.